The minimum Gasteiger partial charge on any atom is -0.462 e. The van der Waals surface area contributed by atoms with Crippen molar-refractivity contribution in [3.05, 3.63) is 23.8 Å². The van der Waals surface area contributed by atoms with Crippen LogP contribution in [0.4, 0.5) is 0 Å². The maximum absolute atomic E-state index is 11.5. The number of carbonyl (C=O) groups is 1. The number of allylic oxidation sites excluding steroid dienone is 3. The molecule has 0 saturated carbocycles. The molecule has 0 aliphatic heterocycles. The minimum atomic E-state index is -0.166. The molecule has 0 aromatic heterocycles. The number of carbonyl (C=O) groups excluding carboxylic acids is 1. The Labute approximate surface area is 116 Å². The summed E-state index contributed by atoms with van der Waals surface area (Å²) in [6.07, 6.45) is 10.6. The quantitative estimate of drug-likeness (QED) is 0.495. The van der Waals surface area contributed by atoms with E-state index in [4.69, 9.17) is 9.47 Å². The highest BCUT2D eigenvalue weighted by Gasteiger charge is 2.11. The summed E-state index contributed by atoms with van der Waals surface area (Å²) in [6.45, 7) is 7.54. The average molecular weight is 266 g/mol. The molecule has 19 heavy (non-hydrogen) atoms. The summed E-state index contributed by atoms with van der Waals surface area (Å²) < 4.78 is 10.9. The van der Waals surface area contributed by atoms with Gasteiger partial charge in [-0.05, 0) is 46.5 Å². The lowest BCUT2D eigenvalue weighted by molar-refractivity contribution is -0.139. The Bertz CT molecular complexity index is 334. The fraction of sp³-hybridized carbons (Fsp3) is 0.688. The molecule has 0 N–H and O–H groups in total. The highest BCUT2D eigenvalue weighted by molar-refractivity contribution is 5.89. The molecule has 0 heterocycles. The molecule has 0 amide bonds. The Morgan fingerprint density at radius 3 is 2.42 bits per heavy atom. The van der Waals surface area contributed by atoms with Gasteiger partial charge in [0.15, 0.2) is 0 Å². The lowest BCUT2D eigenvalue weighted by atomic mass is 10.2. The maximum Gasteiger partial charge on any atom is 0.334 e. The van der Waals surface area contributed by atoms with Crippen molar-refractivity contribution in [3.63, 3.8) is 0 Å². The third-order valence-electron chi connectivity index (χ3n) is 2.84. The molecule has 0 aromatic carbocycles. The van der Waals surface area contributed by atoms with Crippen LogP contribution < -0.4 is 0 Å². The van der Waals surface area contributed by atoms with Gasteiger partial charge in [0.25, 0.3) is 0 Å². The lowest BCUT2D eigenvalue weighted by Crippen LogP contribution is -2.19. The van der Waals surface area contributed by atoms with Crippen LogP contribution in [-0.4, -0.2) is 24.8 Å². The van der Waals surface area contributed by atoms with Gasteiger partial charge in [0.05, 0.1) is 12.2 Å². The van der Waals surface area contributed by atoms with Gasteiger partial charge in [-0.25, -0.2) is 4.79 Å². The van der Waals surface area contributed by atoms with E-state index in [-0.39, 0.29) is 11.6 Å². The summed E-state index contributed by atoms with van der Waals surface area (Å²) in [4.78, 5) is 11.5. The second-order valence-electron chi connectivity index (χ2n) is 5.84. The SMILES string of the molecule is CC(C)(C)OCCCCCCOC(=O)C1=CC=CC1. The third-order valence-corrected chi connectivity index (χ3v) is 2.84. The van der Waals surface area contributed by atoms with Crippen molar-refractivity contribution in [3.8, 4) is 0 Å². The molecule has 3 heteroatoms. The fourth-order valence-electron chi connectivity index (χ4n) is 1.79. The molecule has 1 aliphatic carbocycles. The zero-order valence-electron chi connectivity index (χ0n) is 12.4. The van der Waals surface area contributed by atoms with Gasteiger partial charge in [-0.3, -0.25) is 0 Å². The molecule has 3 nitrogen and oxygen atoms in total. The van der Waals surface area contributed by atoms with E-state index in [1.165, 1.54) is 0 Å². The molecule has 0 aromatic rings. The van der Waals surface area contributed by atoms with E-state index in [1.54, 1.807) is 0 Å². The molecular weight excluding hydrogens is 240 g/mol. The summed E-state index contributed by atoms with van der Waals surface area (Å²) in [5.41, 5.74) is 0.719. The Hall–Kier alpha value is -1.09. The smallest absolute Gasteiger partial charge is 0.334 e. The molecule has 0 bridgehead atoms. The Morgan fingerprint density at radius 2 is 1.84 bits per heavy atom. The number of ether oxygens (including phenoxy) is 2. The minimum absolute atomic E-state index is 0.0431. The lowest BCUT2D eigenvalue weighted by Gasteiger charge is -2.19. The second-order valence-corrected chi connectivity index (χ2v) is 5.84. The van der Waals surface area contributed by atoms with E-state index in [1.807, 2.05) is 18.2 Å². The van der Waals surface area contributed by atoms with Crippen molar-refractivity contribution in [1.29, 1.82) is 0 Å². The normalized spacial score (nSPS) is 14.6. The average Bonchev–Trinajstić information content (AvgIpc) is 2.84. The zero-order valence-corrected chi connectivity index (χ0v) is 12.4. The van der Waals surface area contributed by atoms with E-state index in [0.29, 0.717) is 13.0 Å². The van der Waals surface area contributed by atoms with Crippen LogP contribution in [0.25, 0.3) is 0 Å². The van der Waals surface area contributed by atoms with Crippen LogP contribution >= 0.6 is 0 Å². The molecule has 1 aliphatic rings. The molecule has 0 fully saturated rings. The summed E-state index contributed by atoms with van der Waals surface area (Å²) in [5, 5.41) is 0. The largest absolute Gasteiger partial charge is 0.462 e. The molecule has 0 spiro atoms. The molecule has 108 valence electrons. The van der Waals surface area contributed by atoms with Crippen molar-refractivity contribution in [2.24, 2.45) is 0 Å². The fourth-order valence-corrected chi connectivity index (χ4v) is 1.79. The molecule has 0 atom stereocenters. The molecule has 0 radical (unpaired) electrons. The Kier molecular flexibility index (Phi) is 6.85. The van der Waals surface area contributed by atoms with Gasteiger partial charge in [-0.2, -0.15) is 0 Å². The molecular formula is C16H26O3. The topological polar surface area (TPSA) is 35.5 Å². The van der Waals surface area contributed by atoms with Gasteiger partial charge >= 0.3 is 5.97 Å². The summed E-state index contributed by atoms with van der Waals surface area (Å²) in [5.74, 6) is -0.166. The third kappa shape index (κ3) is 7.83. The molecule has 0 unspecified atom stereocenters. The van der Waals surface area contributed by atoms with Crippen molar-refractivity contribution in [2.75, 3.05) is 13.2 Å². The van der Waals surface area contributed by atoms with E-state index in [2.05, 4.69) is 20.8 Å². The molecule has 1 rings (SSSR count). The summed E-state index contributed by atoms with van der Waals surface area (Å²) >= 11 is 0. The van der Waals surface area contributed by atoms with Crippen molar-refractivity contribution >= 4 is 5.97 Å². The first-order chi connectivity index (χ1) is 8.99. The van der Waals surface area contributed by atoms with E-state index in [0.717, 1.165) is 37.9 Å². The van der Waals surface area contributed by atoms with Crippen LogP contribution in [-0.2, 0) is 14.3 Å². The van der Waals surface area contributed by atoms with Crippen molar-refractivity contribution in [1.82, 2.24) is 0 Å². The van der Waals surface area contributed by atoms with Gasteiger partial charge in [0.1, 0.15) is 0 Å². The first kappa shape index (κ1) is 16.0. The molecule has 0 saturated heterocycles. The summed E-state index contributed by atoms with van der Waals surface area (Å²) in [6, 6.07) is 0. The van der Waals surface area contributed by atoms with E-state index < -0.39 is 0 Å². The number of hydrogen-bond acceptors (Lipinski definition) is 3. The number of esters is 1. The standard InChI is InChI=1S/C16H26O3/c1-16(2,3)19-13-9-5-4-8-12-18-15(17)14-10-6-7-11-14/h6-7,10H,4-5,8-9,11-13H2,1-3H3. The van der Waals surface area contributed by atoms with Crippen LogP contribution in [0.15, 0.2) is 23.8 Å². The van der Waals surface area contributed by atoms with Crippen LogP contribution in [0.3, 0.4) is 0 Å². The monoisotopic (exact) mass is 266 g/mol. The maximum atomic E-state index is 11.5. The highest BCUT2D eigenvalue weighted by Crippen LogP contribution is 2.12. The van der Waals surface area contributed by atoms with Crippen LogP contribution in [0.5, 0.6) is 0 Å². The van der Waals surface area contributed by atoms with E-state index >= 15 is 0 Å². The zero-order chi connectivity index (χ0) is 14.1. The van der Waals surface area contributed by atoms with Gasteiger partial charge in [0.2, 0.25) is 0 Å². The Balaban J connectivity index is 1.90. The van der Waals surface area contributed by atoms with Gasteiger partial charge in [-0.15, -0.1) is 0 Å². The summed E-state index contributed by atoms with van der Waals surface area (Å²) in [7, 11) is 0. The van der Waals surface area contributed by atoms with Crippen LogP contribution in [0.2, 0.25) is 0 Å². The Morgan fingerprint density at radius 1 is 1.16 bits per heavy atom. The van der Waals surface area contributed by atoms with Gasteiger partial charge in [0, 0.05) is 12.2 Å². The van der Waals surface area contributed by atoms with Gasteiger partial charge in [-0.1, -0.05) is 24.6 Å². The number of rotatable bonds is 8. The van der Waals surface area contributed by atoms with E-state index in [9.17, 15) is 4.79 Å². The van der Waals surface area contributed by atoms with Crippen LogP contribution in [0, 0.1) is 0 Å². The van der Waals surface area contributed by atoms with Crippen molar-refractivity contribution < 1.29 is 14.3 Å². The van der Waals surface area contributed by atoms with Crippen LogP contribution in [0.1, 0.15) is 52.9 Å². The number of hydrogen-bond donors (Lipinski definition) is 0. The predicted octanol–water partition coefficient (Wildman–Crippen LogP) is 3.79. The highest BCUT2D eigenvalue weighted by atomic mass is 16.5. The first-order valence-corrected chi connectivity index (χ1v) is 7.16. The first-order valence-electron chi connectivity index (χ1n) is 7.16. The number of unbranched alkanes of at least 4 members (excludes halogenated alkanes) is 3. The second kappa shape index (κ2) is 8.16. The van der Waals surface area contributed by atoms with Gasteiger partial charge < -0.3 is 9.47 Å². The predicted molar refractivity (Wildman–Crippen MR) is 77.0 cm³/mol. The van der Waals surface area contributed by atoms with Crippen molar-refractivity contribution in [2.45, 2.75) is 58.5 Å².